The topological polar surface area (TPSA) is 60.0 Å². The number of ether oxygens (including phenoxy) is 3. The molecule has 1 aliphatic heterocycles. The molecule has 0 radical (unpaired) electrons. The van der Waals surface area contributed by atoms with Gasteiger partial charge < -0.3 is 19.5 Å². The van der Waals surface area contributed by atoms with Crippen molar-refractivity contribution in [3.63, 3.8) is 0 Å². The highest BCUT2D eigenvalue weighted by Crippen LogP contribution is 2.27. The molecule has 1 aromatic rings. The van der Waals surface area contributed by atoms with Crippen LogP contribution in [0.1, 0.15) is 18.4 Å². The molecule has 1 heterocycles. The smallest absolute Gasteiger partial charge is 0.244 e. The molecule has 0 aliphatic carbocycles. The Balaban J connectivity index is 1.84. The molecule has 1 N–H and O–H groups in total. The van der Waals surface area contributed by atoms with Gasteiger partial charge in [0.15, 0.2) is 11.5 Å². The molecule has 1 saturated heterocycles. The van der Waals surface area contributed by atoms with Crippen molar-refractivity contribution in [2.24, 2.45) is 0 Å². The largest absolute Gasteiger partial charge is 0.493 e. The van der Waals surface area contributed by atoms with Gasteiger partial charge in [-0.1, -0.05) is 6.07 Å². The first kappa shape index (κ1) is 19.3. The monoisotopic (exact) mass is 348 g/mol. The lowest BCUT2D eigenvalue weighted by Gasteiger charge is -2.24. The van der Waals surface area contributed by atoms with Gasteiger partial charge in [-0.2, -0.15) is 0 Å². The van der Waals surface area contributed by atoms with Crippen molar-refractivity contribution in [1.82, 2.24) is 10.2 Å². The van der Waals surface area contributed by atoms with Crippen molar-refractivity contribution in [2.45, 2.75) is 18.9 Å². The summed E-state index contributed by atoms with van der Waals surface area (Å²) in [4.78, 5) is 14.5. The fourth-order valence-corrected chi connectivity index (χ4v) is 3.03. The number of benzene rings is 1. The van der Waals surface area contributed by atoms with Gasteiger partial charge in [-0.15, -0.1) is 0 Å². The molecule has 1 unspecified atom stereocenters. The Morgan fingerprint density at radius 2 is 2.08 bits per heavy atom. The maximum atomic E-state index is 12.1. The van der Waals surface area contributed by atoms with E-state index < -0.39 is 0 Å². The summed E-state index contributed by atoms with van der Waals surface area (Å²) in [5.41, 5.74) is 0.885. The summed E-state index contributed by atoms with van der Waals surface area (Å²) >= 11 is 0. The van der Waals surface area contributed by atoms with Gasteiger partial charge in [0, 0.05) is 32.3 Å². The molecule has 138 valence electrons. The Hall–Kier alpha value is -2.05. The normalized spacial score (nSPS) is 17.8. The standard InChI is InChI=1S/C19H28N2O4/c1-23-12-11-21-10-4-5-16(21)14-20-19(22)9-7-15-6-8-17(24-2)18(13-15)25-3/h6-9,13,16H,4-5,10-12,14H2,1-3H3,(H,20,22). The number of nitrogens with one attached hydrogen (secondary N) is 1. The molecule has 0 saturated carbocycles. The van der Waals surface area contributed by atoms with E-state index in [0.717, 1.165) is 31.7 Å². The summed E-state index contributed by atoms with van der Waals surface area (Å²) in [7, 11) is 4.90. The molecule has 6 heteroatoms. The van der Waals surface area contributed by atoms with Crippen LogP contribution in [0.4, 0.5) is 0 Å². The molecule has 1 fully saturated rings. The fourth-order valence-electron chi connectivity index (χ4n) is 3.03. The van der Waals surface area contributed by atoms with Crippen molar-refractivity contribution in [3.8, 4) is 11.5 Å². The third-order valence-corrected chi connectivity index (χ3v) is 4.43. The minimum absolute atomic E-state index is 0.0895. The van der Waals surface area contributed by atoms with Crippen LogP contribution in [0.15, 0.2) is 24.3 Å². The number of nitrogens with zero attached hydrogens (tertiary/aromatic N) is 1. The SMILES string of the molecule is COCCN1CCCC1CNC(=O)C=Cc1ccc(OC)c(OC)c1. The zero-order valence-corrected chi connectivity index (χ0v) is 15.3. The zero-order valence-electron chi connectivity index (χ0n) is 15.3. The van der Waals surface area contributed by atoms with Gasteiger partial charge in [-0.3, -0.25) is 9.69 Å². The van der Waals surface area contributed by atoms with Crippen molar-refractivity contribution in [1.29, 1.82) is 0 Å². The van der Waals surface area contributed by atoms with Gasteiger partial charge in [0.25, 0.3) is 0 Å². The molecule has 1 aliphatic rings. The summed E-state index contributed by atoms with van der Waals surface area (Å²) in [6.07, 6.45) is 5.61. The average Bonchev–Trinajstić information content (AvgIpc) is 3.09. The Kier molecular flexibility index (Phi) is 7.76. The van der Waals surface area contributed by atoms with Crippen LogP contribution >= 0.6 is 0 Å². The summed E-state index contributed by atoms with van der Waals surface area (Å²) in [6, 6.07) is 5.94. The van der Waals surface area contributed by atoms with Crippen LogP contribution in [-0.4, -0.2) is 64.4 Å². The molecule has 6 nitrogen and oxygen atoms in total. The lowest BCUT2D eigenvalue weighted by atomic mass is 10.2. The highest BCUT2D eigenvalue weighted by atomic mass is 16.5. The first-order chi connectivity index (χ1) is 12.2. The minimum Gasteiger partial charge on any atom is -0.493 e. The summed E-state index contributed by atoms with van der Waals surface area (Å²) < 4.78 is 15.6. The second-order valence-electron chi connectivity index (χ2n) is 6.02. The zero-order chi connectivity index (χ0) is 18.1. The molecule has 0 spiro atoms. The van der Waals surface area contributed by atoms with E-state index in [2.05, 4.69) is 10.2 Å². The van der Waals surface area contributed by atoms with Gasteiger partial charge in [0.2, 0.25) is 5.91 Å². The highest BCUT2D eigenvalue weighted by Gasteiger charge is 2.23. The summed E-state index contributed by atoms with van der Waals surface area (Å²) in [5.74, 6) is 1.22. The highest BCUT2D eigenvalue weighted by molar-refractivity contribution is 5.91. The Bertz CT molecular complexity index is 589. The molecular weight excluding hydrogens is 320 g/mol. The predicted molar refractivity (Wildman–Crippen MR) is 98.1 cm³/mol. The van der Waals surface area contributed by atoms with E-state index in [1.54, 1.807) is 33.5 Å². The van der Waals surface area contributed by atoms with Crippen LogP contribution in [0.25, 0.3) is 6.08 Å². The lowest BCUT2D eigenvalue weighted by Crippen LogP contribution is -2.41. The quantitative estimate of drug-likeness (QED) is 0.691. The van der Waals surface area contributed by atoms with Crippen LogP contribution in [0, 0.1) is 0 Å². The average molecular weight is 348 g/mol. The second kappa shape index (κ2) is 10.1. The van der Waals surface area contributed by atoms with Crippen LogP contribution in [0.5, 0.6) is 11.5 Å². The van der Waals surface area contributed by atoms with E-state index in [1.165, 1.54) is 6.42 Å². The van der Waals surface area contributed by atoms with Gasteiger partial charge in [0.1, 0.15) is 0 Å². The Morgan fingerprint density at radius 3 is 2.80 bits per heavy atom. The van der Waals surface area contributed by atoms with Crippen LogP contribution in [0.2, 0.25) is 0 Å². The van der Waals surface area contributed by atoms with Crippen LogP contribution < -0.4 is 14.8 Å². The third-order valence-electron chi connectivity index (χ3n) is 4.43. The molecule has 0 bridgehead atoms. The molecule has 1 atom stereocenters. The van der Waals surface area contributed by atoms with E-state index >= 15 is 0 Å². The fraction of sp³-hybridized carbons (Fsp3) is 0.526. The number of carbonyl (C=O) groups is 1. The number of methoxy groups -OCH3 is 3. The number of carbonyl (C=O) groups excluding carboxylic acids is 1. The Labute approximate surface area is 149 Å². The van der Waals surface area contributed by atoms with Gasteiger partial charge >= 0.3 is 0 Å². The summed E-state index contributed by atoms with van der Waals surface area (Å²) in [6.45, 7) is 3.38. The van der Waals surface area contributed by atoms with E-state index in [0.29, 0.717) is 24.1 Å². The second-order valence-corrected chi connectivity index (χ2v) is 6.02. The predicted octanol–water partition coefficient (Wildman–Crippen LogP) is 1.94. The van der Waals surface area contributed by atoms with E-state index in [1.807, 2.05) is 18.2 Å². The van der Waals surface area contributed by atoms with Crippen molar-refractivity contribution < 1.29 is 19.0 Å². The molecule has 1 aromatic carbocycles. The van der Waals surface area contributed by atoms with E-state index in [9.17, 15) is 4.79 Å². The minimum atomic E-state index is -0.0895. The first-order valence-corrected chi connectivity index (χ1v) is 8.59. The molecule has 0 aromatic heterocycles. The Morgan fingerprint density at radius 1 is 1.28 bits per heavy atom. The molecular formula is C19H28N2O4. The van der Waals surface area contributed by atoms with Gasteiger partial charge in [-0.25, -0.2) is 0 Å². The molecule has 1 amide bonds. The number of hydrogen-bond donors (Lipinski definition) is 1. The third kappa shape index (κ3) is 5.76. The van der Waals surface area contributed by atoms with Crippen molar-refractivity contribution >= 4 is 12.0 Å². The summed E-state index contributed by atoms with van der Waals surface area (Å²) in [5, 5.41) is 2.99. The maximum Gasteiger partial charge on any atom is 0.244 e. The van der Waals surface area contributed by atoms with E-state index in [4.69, 9.17) is 14.2 Å². The number of likely N-dealkylation sites (tertiary alicyclic amines) is 1. The van der Waals surface area contributed by atoms with Crippen LogP contribution in [-0.2, 0) is 9.53 Å². The van der Waals surface area contributed by atoms with Gasteiger partial charge in [-0.05, 0) is 43.2 Å². The van der Waals surface area contributed by atoms with Crippen molar-refractivity contribution in [3.05, 3.63) is 29.8 Å². The maximum absolute atomic E-state index is 12.1. The van der Waals surface area contributed by atoms with Gasteiger partial charge in [0.05, 0.1) is 20.8 Å². The van der Waals surface area contributed by atoms with Crippen LogP contribution in [0.3, 0.4) is 0 Å². The van der Waals surface area contributed by atoms with Crippen molar-refractivity contribution in [2.75, 3.05) is 47.6 Å². The lowest BCUT2D eigenvalue weighted by molar-refractivity contribution is -0.116. The molecule has 25 heavy (non-hydrogen) atoms. The number of rotatable bonds is 9. The molecule has 2 rings (SSSR count). The number of hydrogen-bond acceptors (Lipinski definition) is 5. The number of amides is 1. The van der Waals surface area contributed by atoms with E-state index in [-0.39, 0.29) is 5.91 Å². The first-order valence-electron chi connectivity index (χ1n) is 8.59.